The molecule has 0 saturated carbocycles. The third-order valence-corrected chi connectivity index (χ3v) is 3.05. The maximum absolute atomic E-state index is 12.2. The van der Waals surface area contributed by atoms with Crippen LogP contribution in [0.4, 0.5) is 0 Å². The Hall–Kier alpha value is -2.42. The van der Waals surface area contributed by atoms with Crippen molar-refractivity contribution in [1.29, 1.82) is 0 Å². The highest BCUT2D eigenvalue weighted by Crippen LogP contribution is 2.04. The third kappa shape index (κ3) is 5.37. The Morgan fingerprint density at radius 1 is 1.35 bits per heavy atom. The van der Waals surface area contributed by atoms with Crippen LogP contribution in [0.1, 0.15) is 30.1 Å². The number of aromatic nitrogens is 1. The zero-order chi connectivity index (χ0) is 17.6. The maximum atomic E-state index is 12.2. The summed E-state index contributed by atoms with van der Waals surface area (Å²) < 4.78 is 9.70. The predicted molar refractivity (Wildman–Crippen MR) is 78.8 cm³/mol. The van der Waals surface area contributed by atoms with E-state index < -0.39 is 29.9 Å². The number of carbonyl (C=O) groups excluding carboxylic acids is 2. The molecule has 0 aromatic carbocycles. The standard InChI is InChI=1S/C14H21N3O6/c1-7(2)11(14(20)21)16-13(19)10(6-22-4)15-12(18)9-5-8(3)23-17-9/h5,7,10-11H,6H2,1-4H3,(H,15,18)(H,16,19)(H,20,21)/t10-,11-/m0/s1. The van der Waals surface area contributed by atoms with Crippen LogP contribution in [0.5, 0.6) is 0 Å². The summed E-state index contributed by atoms with van der Waals surface area (Å²) in [5, 5.41) is 17.5. The van der Waals surface area contributed by atoms with Crippen LogP contribution in [0.2, 0.25) is 0 Å². The molecule has 9 heteroatoms. The fraction of sp³-hybridized carbons (Fsp3) is 0.571. The number of hydrogen-bond acceptors (Lipinski definition) is 6. The Labute approximate surface area is 133 Å². The van der Waals surface area contributed by atoms with Crippen molar-refractivity contribution in [3.8, 4) is 0 Å². The van der Waals surface area contributed by atoms with Crippen molar-refractivity contribution in [3.05, 3.63) is 17.5 Å². The molecule has 9 nitrogen and oxygen atoms in total. The van der Waals surface area contributed by atoms with Crippen LogP contribution >= 0.6 is 0 Å². The van der Waals surface area contributed by atoms with Gasteiger partial charge in [-0.3, -0.25) is 9.59 Å². The Kier molecular flexibility index (Phi) is 6.70. The van der Waals surface area contributed by atoms with E-state index in [1.165, 1.54) is 13.2 Å². The van der Waals surface area contributed by atoms with Gasteiger partial charge in [0.1, 0.15) is 17.8 Å². The highest BCUT2D eigenvalue weighted by atomic mass is 16.5. The van der Waals surface area contributed by atoms with Gasteiger partial charge in [-0.25, -0.2) is 4.79 Å². The van der Waals surface area contributed by atoms with Crippen molar-refractivity contribution < 1.29 is 28.8 Å². The molecular weight excluding hydrogens is 306 g/mol. The number of hydrogen-bond donors (Lipinski definition) is 3. The molecule has 0 aliphatic heterocycles. The summed E-state index contributed by atoms with van der Waals surface area (Å²) in [6.07, 6.45) is 0. The number of carboxylic acids is 1. The summed E-state index contributed by atoms with van der Waals surface area (Å²) >= 11 is 0. The number of ether oxygens (including phenoxy) is 1. The van der Waals surface area contributed by atoms with Gasteiger partial charge in [-0.05, 0) is 12.8 Å². The lowest BCUT2D eigenvalue weighted by Gasteiger charge is -2.22. The number of aryl methyl sites for hydroxylation is 1. The number of methoxy groups -OCH3 is 1. The Bertz CT molecular complexity index is 569. The molecule has 0 fully saturated rings. The molecule has 3 N–H and O–H groups in total. The lowest BCUT2D eigenvalue weighted by molar-refractivity contribution is -0.143. The molecule has 2 atom stereocenters. The van der Waals surface area contributed by atoms with Crippen molar-refractivity contribution in [2.75, 3.05) is 13.7 Å². The predicted octanol–water partition coefficient (Wildman–Crippen LogP) is -0.0468. The first-order valence-electron chi connectivity index (χ1n) is 7.02. The summed E-state index contributed by atoms with van der Waals surface area (Å²) in [6, 6.07) is -0.691. The highest BCUT2D eigenvalue weighted by Gasteiger charge is 2.29. The minimum absolute atomic E-state index is 0.0232. The summed E-state index contributed by atoms with van der Waals surface area (Å²) in [6.45, 7) is 4.85. The number of carbonyl (C=O) groups is 3. The molecule has 2 amide bonds. The van der Waals surface area contributed by atoms with Gasteiger partial charge in [0, 0.05) is 13.2 Å². The van der Waals surface area contributed by atoms with Crippen LogP contribution in [0.25, 0.3) is 0 Å². The van der Waals surface area contributed by atoms with Crippen LogP contribution in [-0.4, -0.2) is 53.8 Å². The molecule has 0 aliphatic carbocycles. The minimum Gasteiger partial charge on any atom is -0.480 e. The zero-order valence-corrected chi connectivity index (χ0v) is 13.5. The van der Waals surface area contributed by atoms with E-state index in [1.807, 2.05) is 0 Å². The molecule has 0 unspecified atom stereocenters. The van der Waals surface area contributed by atoms with Crippen molar-refractivity contribution >= 4 is 17.8 Å². The van der Waals surface area contributed by atoms with Crippen LogP contribution in [0, 0.1) is 12.8 Å². The topological polar surface area (TPSA) is 131 Å². The van der Waals surface area contributed by atoms with Crippen molar-refractivity contribution in [2.24, 2.45) is 5.92 Å². The number of nitrogens with zero attached hydrogens (tertiary/aromatic N) is 1. The molecule has 0 radical (unpaired) electrons. The van der Waals surface area contributed by atoms with Gasteiger partial charge in [0.2, 0.25) is 5.91 Å². The SMILES string of the molecule is COC[C@H](NC(=O)c1cc(C)on1)C(=O)N[C@H](C(=O)O)C(C)C. The first-order valence-corrected chi connectivity index (χ1v) is 7.02. The van der Waals surface area contributed by atoms with Gasteiger partial charge in [-0.1, -0.05) is 19.0 Å². The van der Waals surface area contributed by atoms with Crippen LogP contribution < -0.4 is 10.6 Å². The molecule has 0 bridgehead atoms. The zero-order valence-electron chi connectivity index (χ0n) is 13.5. The first kappa shape index (κ1) is 18.6. The molecule has 128 valence electrons. The second-order valence-corrected chi connectivity index (χ2v) is 5.37. The number of nitrogens with one attached hydrogen (secondary N) is 2. The van der Waals surface area contributed by atoms with Gasteiger partial charge in [-0.15, -0.1) is 0 Å². The summed E-state index contributed by atoms with van der Waals surface area (Å²) in [7, 11) is 1.36. The van der Waals surface area contributed by atoms with Gasteiger partial charge in [0.25, 0.3) is 5.91 Å². The molecule has 0 saturated heterocycles. The second-order valence-electron chi connectivity index (χ2n) is 5.37. The molecule has 1 aromatic heterocycles. The minimum atomic E-state index is -1.15. The van der Waals surface area contributed by atoms with Gasteiger partial charge in [-0.2, -0.15) is 0 Å². The first-order chi connectivity index (χ1) is 10.8. The van der Waals surface area contributed by atoms with Crippen molar-refractivity contribution in [2.45, 2.75) is 32.9 Å². The van der Waals surface area contributed by atoms with E-state index in [-0.39, 0.29) is 18.2 Å². The third-order valence-electron chi connectivity index (χ3n) is 3.05. The number of amides is 2. The molecule has 1 rings (SSSR count). The van der Waals surface area contributed by atoms with Crippen molar-refractivity contribution in [3.63, 3.8) is 0 Å². The van der Waals surface area contributed by atoms with Crippen LogP contribution in [0.15, 0.2) is 10.6 Å². The van der Waals surface area contributed by atoms with Gasteiger partial charge in [0.05, 0.1) is 6.61 Å². The number of carboxylic acid groups (broad SMARTS) is 1. The average Bonchev–Trinajstić information content (AvgIpc) is 2.89. The van der Waals surface area contributed by atoms with Gasteiger partial charge in [0.15, 0.2) is 5.69 Å². The molecule has 23 heavy (non-hydrogen) atoms. The lowest BCUT2D eigenvalue weighted by atomic mass is 10.0. The Morgan fingerprint density at radius 2 is 2.00 bits per heavy atom. The summed E-state index contributed by atoms with van der Waals surface area (Å²) in [5.74, 6) is -2.28. The summed E-state index contributed by atoms with van der Waals surface area (Å²) in [5.41, 5.74) is 0.0232. The number of rotatable bonds is 8. The Balaban J connectivity index is 2.78. The smallest absolute Gasteiger partial charge is 0.326 e. The number of aliphatic carboxylic acids is 1. The maximum Gasteiger partial charge on any atom is 0.326 e. The highest BCUT2D eigenvalue weighted by molar-refractivity contribution is 5.96. The van der Waals surface area contributed by atoms with E-state index in [0.29, 0.717) is 5.76 Å². The normalized spacial score (nSPS) is 13.4. The molecule has 0 aliphatic rings. The van der Waals surface area contributed by atoms with E-state index in [1.54, 1.807) is 20.8 Å². The van der Waals surface area contributed by atoms with E-state index in [2.05, 4.69) is 15.8 Å². The molecular formula is C14H21N3O6. The monoisotopic (exact) mass is 327 g/mol. The second kappa shape index (κ2) is 8.28. The molecule has 1 heterocycles. The fourth-order valence-electron chi connectivity index (χ4n) is 1.82. The van der Waals surface area contributed by atoms with E-state index in [9.17, 15) is 14.4 Å². The lowest BCUT2D eigenvalue weighted by Crippen LogP contribution is -2.54. The van der Waals surface area contributed by atoms with Crippen LogP contribution in [-0.2, 0) is 14.3 Å². The molecule has 1 aromatic rings. The van der Waals surface area contributed by atoms with E-state index in [0.717, 1.165) is 0 Å². The largest absolute Gasteiger partial charge is 0.480 e. The van der Waals surface area contributed by atoms with E-state index >= 15 is 0 Å². The summed E-state index contributed by atoms with van der Waals surface area (Å²) in [4.78, 5) is 35.4. The van der Waals surface area contributed by atoms with Gasteiger partial charge >= 0.3 is 5.97 Å². The average molecular weight is 327 g/mol. The van der Waals surface area contributed by atoms with Crippen LogP contribution in [0.3, 0.4) is 0 Å². The van der Waals surface area contributed by atoms with E-state index in [4.69, 9.17) is 14.4 Å². The quantitative estimate of drug-likeness (QED) is 0.610. The van der Waals surface area contributed by atoms with Crippen molar-refractivity contribution in [1.82, 2.24) is 15.8 Å². The van der Waals surface area contributed by atoms with Gasteiger partial charge < -0.3 is 25.0 Å². The Morgan fingerprint density at radius 3 is 2.43 bits per heavy atom. The fourth-order valence-corrected chi connectivity index (χ4v) is 1.82. The molecule has 0 spiro atoms.